The maximum Gasteiger partial charge on any atom is 0.247 e. The Kier molecular flexibility index (Phi) is 6.54. The van der Waals surface area contributed by atoms with Crippen molar-refractivity contribution in [2.75, 3.05) is 11.4 Å². The molecule has 5 rings (SSSR count). The molecule has 1 aliphatic heterocycles. The van der Waals surface area contributed by atoms with Gasteiger partial charge in [-0.15, -0.1) is 0 Å². The molecule has 0 aliphatic carbocycles. The Bertz CT molecular complexity index is 1480. The summed E-state index contributed by atoms with van der Waals surface area (Å²) >= 11 is 7.11. The van der Waals surface area contributed by atoms with Crippen molar-refractivity contribution >= 4 is 54.2 Å². The molecule has 0 bridgehead atoms. The van der Waals surface area contributed by atoms with E-state index in [1.54, 1.807) is 30.6 Å². The van der Waals surface area contributed by atoms with Crippen molar-refractivity contribution in [1.82, 2.24) is 14.3 Å². The first kappa shape index (κ1) is 23.8. The minimum Gasteiger partial charge on any atom is -0.282 e. The van der Waals surface area contributed by atoms with Crippen LogP contribution in [-0.4, -0.2) is 41.2 Å². The van der Waals surface area contributed by atoms with Crippen LogP contribution in [0.2, 0.25) is 5.02 Å². The maximum absolute atomic E-state index is 14.4. The number of fused-ring (bicyclic) bond motifs is 1. The first-order valence-corrected chi connectivity index (χ1v) is 13.5. The van der Waals surface area contributed by atoms with Crippen molar-refractivity contribution in [3.63, 3.8) is 0 Å². The van der Waals surface area contributed by atoms with E-state index in [-0.39, 0.29) is 23.5 Å². The topological polar surface area (TPSA) is 83.5 Å². The Balaban J connectivity index is 1.53. The number of aromatic nitrogens is 2. The minimum absolute atomic E-state index is 0.0717. The van der Waals surface area contributed by atoms with E-state index in [1.807, 2.05) is 6.07 Å². The molecule has 1 unspecified atom stereocenters. The van der Waals surface area contributed by atoms with Gasteiger partial charge in [0.05, 0.1) is 16.1 Å². The monoisotopic (exact) mass is 530 g/mol. The third-order valence-electron chi connectivity index (χ3n) is 5.83. The van der Waals surface area contributed by atoms with Gasteiger partial charge in [-0.25, -0.2) is 17.8 Å². The Hall–Kier alpha value is -2.92. The van der Waals surface area contributed by atoms with Gasteiger partial charge in [-0.1, -0.05) is 35.1 Å². The number of anilines is 1. The second-order valence-corrected chi connectivity index (χ2v) is 11.4. The molecule has 2 aromatic heterocycles. The summed E-state index contributed by atoms with van der Waals surface area (Å²) in [6, 6.07) is 13.2. The summed E-state index contributed by atoms with van der Waals surface area (Å²) in [5.74, 6) is -0.894. The highest BCUT2D eigenvalue weighted by Gasteiger charge is 2.42. The molecule has 1 fully saturated rings. The fourth-order valence-electron chi connectivity index (χ4n) is 4.13. The minimum atomic E-state index is -3.93. The van der Waals surface area contributed by atoms with Crippen LogP contribution < -0.4 is 4.90 Å². The molecule has 3 heterocycles. The number of rotatable bonds is 6. The molecule has 1 atom stereocenters. The average molecular weight is 531 g/mol. The molecule has 4 aromatic rings. The van der Waals surface area contributed by atoms with E-state index in [9.17, 15) is 17.6 Å². The Morgan fingerprint density at radius 2 is 1.97 bits per heavy atom. The van der Waals surface area contributed by atoms with Gasteiger partial charge in [-0.2, -0.15) is 4.31 Å². The highest BCUT2D eigenvalue weighted by atomic mass is 35.5. The Labute approximate surface area is 210 Å². The zero-order chi connectivity index (χ0) is 24.6. The van der Waals surface area contributed by atoms with Crippen molar-refractivity contribution in [1.29, 1.82) is 0 Å². The molecular weight excluding hydrogens is 511 g/mol. The van der Waals surface area contributed by atoms with Crippen molar-refractivity contribution in [3.8, 4) is 0 Å². The number of carbonyl (C=O) groups excluding carboxylic acids is 1. The van der Waals surface area contributed by atoms with Crippen LogP contribution >= 0.6 is 22.9 Å². The van der Waals surface area contributed by atoms with Crippen LogP contribution in [0.3, 0.4) is 0 Å². The first-order valence-electron chi connectivity index (χ1n) is 10.9. The number of amides is 1. The second kappa shape index (κ2) is 9.62. The van der Waals surface area contributed by atoms with Gasteiger partial charge >= 0.3 is 0 Å². The summed E-state index contributed by atoms with van der Waals surface area (Å²) in [4.78, 5) is 23.9. The molecule has 7 nitrogen and oxygen atoms in total. The van der Waals surface area contributed by atoms with E-state index >= 15 is 0 Å². The van der Waals surface area contributed by atoms with Crippen LogP contribution in [0.1, 0.15) is 18.4 Å². The van der Waals surface area contributed by atoms with Crippen LogP contribution in [0.15, 0.2) is 71.9 Å². The standard InChI is InChI=1S/C24H20ClFN4O3S2/c25-17-8-10-18(11-9-17)35(32,33)30-13-3-6-20(30)23(31)29(15-16-4-2-12-27-14-16)24-28-22-19(26)5-1-7-21(22)34-24/h1-2,4-5,7-12,14,20H,3,6,13,15H2. The summed E-state index contributed by atoms with van der Waals surface area (Å²) in [6.07, 6.45) is 4.16. The summed E-state index contributed by atoms with van der Waals surface area (Å²) in [5.41, 5.74) is 0.916. The third-order valence-corrected chi connectivity index (χ3v) is 9.05. The SMILES string of the molecule is O=C(C1CCCN1S(=O)(=O)c1ccc(Cl)cc1)N(Cc1cccnc1)c1nc2c(F)cccc2s1. The molecule has 35 heavy (non-hydrogen) atoms. The normalized spacial score (nSPS) is 16.6. The quantitative estimate of drug-likeness (QED) is 0.355. The van der Waals surface area contributed by atoms with E-state index in [2.05, 4.69) is 9.97 Å². The zero-order valence-electron chi connectivity index (χ0n) is 18.3. The zero-order valence-corrected chi connectivity index (χ0v) is 20.7. The number of thiazole rings is 1. The number of carbonyl (C=O) groups is 1. The van der Waals surface area contributed by atoms with Gasteiger partial charge in [0.2, 0.25) is 15.9 Å². The third kappa shape index (κ3) is 4.66. The molecule has 0 radical (unpaired) electrons. The fourth-order valence-corrected chi connectivity index (χ4v) is 6.89. The number of hydrogen-bond donors (Lipinski definition) is 0. The van der Waals surface area contributed by atoms with Crippen LogP contribution in [-0.2, 0) is 21.4 Å². The summed E-state index contributed by atoms with van der Waals surface area (Å²) in [5, 5.41) is 0.721. The molecule has 0 spiro atoms. The second-order valence-electron chi connectivity index (χ2n) is 8.10. The van der Waals surface area contributed by atoms with E-state index < -0.39 is 27.8 Å². The summed E-state index contributed by atoms with van der Waals surface area (Å²) < 4.78 is 43.0. The molecule has 180 valence electrons. The van der Waals surface area contributed by atoms with Crippen LogP contribution in [0.25, 0.3) is 10.2 Å². The molecule has 0 N–H and O–H groups in total. The lowest BCUT2D eigenvalue weighted by molar-refractivity contribution is -0.121. The van der Waals surface area contributed by atoms with Crippen molar-refractivity contribution in [2.45, 2.75) is 30.3 Å². The Morgan fingerprint density at radius 1 is 1.17 bits per heavy atom. The number of hydrogen-bond acceptors (Lipinski definition) is 6. The van der Waals surface area contributed by atoms with Gasteiger partial charge in [-0.3, -0.25) is 14.7 Å². The fraction of sp³-hybridized carbons (Fsp3) is 0.208. The molecule has 1 amide bonds. The van der Waals surface area contributed by atoms with E-state index in [0.717, 1.165) is 5.56 Å². The number of para-hydroxylation sites is 1. The lowest BCUT2D eigenvalue weighted by atomic mass is 10.2. The van der Waals surface area contributed by atoms with Crippen LogP contribution in [0.4, 0.5) is 9.52 Å². The highest BCUT2D eigenvalue weighted by Crippen LogP contribution is 2.34. The number of nitrogens with zero attached hydrogens (tertiary/aromatic N) is 4. The van der Waals surface area contributed by atoms with Crippen LogP contribution in [0, 0.1) is 5.82 Å². The lowest BCUT2D eigenvalue weighted by Gasteiger charge is -2.28. The average Bonchev–Trinajstić information content (AvgIpc) is 3.52. The van der Waals surface area contributed by atoms with Crippen molar-refractivity contribution < 1.29 is 17.6 Å². The van der Waals surface area contributed by atoms with Crippen LogP contribution in [0.5, 0.6) is 0 Å². The summed E-state index contributed by atoms with van der Waals surface area (Å²) in [6.45, 7) is 0.343. The lowest BCUT2D eigenvalue weighted by Crippen LogP contribution is -2.47. The Morgan fingerprint density at radius 3 is 2.69 bits per heavy atom. The van der Waals surface area contributed by atoms with E-state index in [0.29, 0.717) is 27.7 Å². The number of benzene rings is 2. The molecule has 1 saturated heterocycles. The van der Waals surface area contributed by atoms with Gasteiger partial charge in [-0.05, 0) is 60.9 Å². The molecular formula is C24H20ClFN4O3S2. The van der Waals surface area contributed by atoms with Gasteiger partial charge in [0.1, 0.15) is 17.4 Å². The number of halogens is 2. The van der Waals surface area contributed by atoms with Gasteiger partial charge < -0.3 is 0 Å². The van der Waals surface area contributed by atoms with E-state index in [1.165, 1.54) is 50.9 Å². The van der Waals surface area contributed by atoms with Gasteiger partial charge in [0.25, 0.3) is 0 Å². The smallest absolute Gasteiger partial charge is 0.247 e. The summed E-state index contributed by atoms with van der Waals surface area (Å²) in [7, 11) is -3.93. The van der Waals surface area contributed by atoms with Gasteiger partial charge in [0, 0.05) is 24.0 Å². The first-order chi connectivity index (χ1) is 16.8. The predicted molar refractivity (Wildman–Crippen MR) is 133 cm³/mol. The molecule has 2 aromatic carbocycles. The maximum atomic E-state index is 14.4. The largest absolute Gasteiger partial charge is 0.282 e. The highest BCUT2D eigenvalue weighted by molar-refractivity contribution is 7.89. The molecule has 0 saturated carbocycles. The molecule has 1 aliphatic rings. The molecule has 11 heteroatoms. The van der Waals surface area contributed by atoms with Crippen molar-refractivity contribution in [2.24, 2.45) is 0 Å². The van der Waals surface area contributed by atoms with E-state index in [4.69, 9.17) is 11.6 Å². The number of pyridine rings is 1. The predicted octanol–water partition coefficient (Wildman–Crippen LogP) is 4.87. The van der Waals surface area contributed by atoms with Gasteiger partial charge in [0.15, 0.2) is 5.13 Å². The number of sulfonamides is 1. The van der Waals surface area contributed by atoms with Crippen molar-refractivity contribution in [3.05, 3.63) is 83.4 Å².